The number of fused-ring (bicyclic) bond motifs is 1. The smallest absolute Gasteiger partial charge is 0.426 e. The van der Waals surface area contributed by atoms with Gasteiger partial charge >= 0.3 is 12.1 Å². The van der Waals surface area contributed by atoms with Crippen molar-refractivity contribution in [1.29, 1.82) is 0 Å². The highest BCUT2D eigenvalue weighted by molar-refractivity contribution is 7.12. The van der Waals surface area contributed by atoms with E-state index in [4.69, 9.17) is 9.47 Å². The second-order valence-electron chi connectivity index (χ2n) is 6.82. The summed E-state index contributed by atoms with van der Waals surface area (Å²) >= 11 is 0.690. The molecule has 0 aliphatic carbocycles. The minimum atomic E-state index is -4.44. The fourth-order valence-electron chi connectivity index (χ4n) is 3.27. The van der Waals surface area contributed by atoms with E-state index in [2.05, 4.69) is 0 Å². The van der Waals surface area contributed by atoms with Gasteiger partial charge in [0.25, 0.3) is 0 Å². The van der Waals surface area contributed by atoms with E-state index in [1.54, 1.807) is 66.7 Å². The van der Waals surface area contributed by atoms with Crippen molar-refractivity contribution in [2.75, 3.05) is 7.11 Å². The van der Waals surface area contributed by atoms with Crippen LogP contribution in [0.5, 0.6) is 5.75 Å². The predicted octanol–water partition coefficient (Wildman–Crippen LogP) is 6.95. The van der Waals surface area contributed by atoms with Gasteiger partial charge in [0.1, 0.15) is 17.2 Å². The zero-order chi connectivity index (χ0) is 22.0. The van der Waals surface area contributed by atoms with E-state index in [1.807, 2.05) is 0 Å². The normalized spacial score (nSPS) is 11.5. The Bertz CT molecular complexity index is 1230. The monoisotopic (exact) mass is 442 g/mol. The molecule has 7 heteroatoms. The number of carbonyl (C=O) groups excluding carboxylic acids is 1. The molecule has 0 amide bonds. The molecule has 3 aromatic carbocycles. The standard InChI is InChI=1S/C24H17F3O3S/c1-29-23(28)18-8-7-17-12-19(10-9-16(17)11-18)30-14-20-13-21(15-5-3-2-4-6-15)22(31-20)24(25,26)27/h2-13H,14H2,1H3. The Morgan fingerprint density at radius 2 is 1.65 bits per heavy atom. The van der Waals surface area contributed by atoms with Gasteiger partial charge in [-0.1, -0.05) is 42.5 Å². The van der Waals surface area contributed by atoms with Crippen LogP contribution in [-0.2, 0) is 17.5 Å². The molecule has 4 aromatic rings. The van der Waals surface area contributed by atoms with E-state index in [9.17, 15) is 18.0 Å². The van der Waals surface area contributed by atoms with Gasteiger partial charge in [0.15, 0.2) is 0 Å². The van der Waals surface area contributed by atoms with Gasteiger partial charge in [0.2, 0.25) is 0 Å². The van der Waals surface area contributed by atoms with Gasteiger partial charge in [-0.15, -0.1) is 11.3 Å². The maximum atomic E-state index is 13.5. The van der Waals surface area contributed by atoms with Gasteiger partial charge in [0, 0.05) is 10.4 Å². The average Bonchev–Trinajstić information content (AvgIpc) is 3.22. The number of thiophene rings is 1. The Kier molecular flexibility index (Phi) is 5.69. The van der Waals surface area contributed by atoms with Crippen molar-refractivity contribution in [3.63, 3.8) is 0 Å². The molecule has 1 aromatic heterocycles. The van der Waals surface area contributed by atoms with Crippen LogP contribution < -0.4 is 4.74 Å². The van der Waals surface area contributed by atoms with Crippen molar-refractivity contribution < 1.29 is 27.4 Å². The number of hydrogen-bond donors (Lipinski definition) is 0. The molecule has 0 bridgehead atoms. The topological polar surface area (TPSA) is 35.5 Å². The van der Waals surface area contributed by atoms with Crippen molar-refractivity contribution in [3.05, 3.63) is 88.1 Å². The van der Waals surface area contributed by atoms with Crippen LogP contribution in [0.25, 0.3) is 21.9 Å². The van der Waals surface area contributed by atoms with E-state index >= 15 is 0 Å². The van der Waals surface area contributed by atoms with Gasteiger partial charge in [-0.05, 0) is 46.7 Å². The number of ether oxygens (including phenoxy) is 2. The summed E-state index contributed by atoms with van der Waals surface area (Å²) in [4.78, 5) is 11.5. The Balaban J connectivity index is 1.57. The van der Waals surface area contributed by atoms with Crippen LogP contribution in [0.1, 0.15) is 20.1 Å². The largest absolute Gasteiger partial charge is 0.488 e. The second kappa shape index (κ2) is 8.43. The fourth-order valence-corrected chi connectivity index (χ4v) is 4.23. The summed E-state index contributed by atoms with van der Waals surface area (Å²) in [7, 11) is 1.32. The van der Waals surface area contributed by atoms with Crippen LogP contribution in [0, 0.1) is 0 Å². The SMILES string of the molecule is COC(=O)c1ccc2cc(OCc3cc(-c4ccccc4)c(C(F)(F)F)s3)ccc2c1. The molecule has 0 saturated heterocycles. The molecule has 3 nitrogen and oxygen atoms in total. The Hall–Kier alpha value is -3.32. The molecule has 0 unspecified atom stereocenters. The van der Waals surface area contributed by atoms with Crippen molar-refractivity contribution in [1.82, 2.24) is 0 Å². The summed E-state index contributed by atoms with van der Waals surface area (Å²) in [6.45, 7) is 0.0202. The lowest BCUT2D eigenvalue weighted by atomic mass is 10.1. The minimum absolute atomic E-state index is 0.0202. The number of methoxy groups -OCH3 is 1. The van der Waals surface area contributed by atoms with Gasteiger partial charge in [-0.3, -0.25) is 0 Å². The highest BCUT2D eigenvalue weighted by atomic mass is 32.1. The van der Waals surface area contributed by atoms with Crippen LogP contribution in [0.15, 0.2) is 72.8 Å². The van der Waals surface area contributed by atoms with E-state index in [1.165, 1.54) is 13.2 Å². The first-order valence-corrected chi connectivity index (χ1v) is 10.2. The van der Waals surface area contributed by atoms with Crippen LogP contribution >= 0.6 is 11.3 Å². The maximum absolute atomic E-state index is 13.5. The van der Waals surface area contributed by atoms with Gasteiger partial charge in [-0.2, -0.15) is 13.2 Å². The number of halogens is 3. The number of rotatable bonds is 5. The molecular formula is C24H17F3O3S. The minimum Gasteiger partial charge on any atom is -0.488 e. The first kappa shape index (κ1) is 20.9. The highest BCUT2D eigenvalue weighted by Gasteiger charge is 2.36. The maximum Gasteiger partial charge on any atom is 0.426 e. The number of benzene rings is 3. The van der Waals surface area contributed by atoms with Crippen molar-refractivity contribution >= 4 is 28.1 Å². The van der Waals surface area contributed by atoms with Crippen LogP contribution in [0.3, 0.4) is 0 Å². The van der Waals surface area contributed by atoms with Crippen LogP contribution in [0.2, 0.25) is 0 Å². The van der Waals surface area contributed by atoms with E-state index in [0.29, 0.717) is 33.1 Å². The third kappa shape index (κ3) is 4.56. The molecule has 4 rings (SSSR count). The molecule has 0 aliphatic heterocycles. The van der Waals surface area contributed by atoms with Crippen molar-refractivity contribution in [2.24, 2.45) is 0 Å². The lowest BCUT2D eigenvalue weighted by Gasteiger charge is -2.07. The molecule has 0 atom stereocenters. The van der Waals surface area contributed by atoms with E-state index < -0.39 is 17.0 Å². The summed E-state index contributed by atoms with van der Waals surface area (Å²) in [5, 5.41) is 1.68. The highest BCUT2D eigenvalue weighted by Crippen LogP contribution is 2.43. The van der Waals surface area contributed by atoms with Crippen molar-refractivity contribution in [3.8, 4) is 16.9 Å². The summed E-state index contributed by atoms with van der Waals surface area (Å²) in [5.41, 5.74) is 1.12. The molecular weight excluding hydrogens is 425 g/mol. The summed E-state index contributed by atoms with van der Waals surface area (Å²) < 4.78 is 51.1. The van der Waals surface area contributed by atoms with Gasteiger partial charge in [-0.25, -0.2) is 4.79 Å². The molecule has 31 heavy (non-hydrogen) atoms. The summed E-state index contributed by atoms with van der Waals surface area (Å²) in [6, 6.07) is 20.5. The zero-order valence-corrected chi connectivity index (χ0v) is 17.2. The third-order valence-corrected chi connectivity index (χ3v) is 5.89. The molecule has 0 spiro atoms. The van der Waals surface area contributed by atoms with Crippen LogP contribution in [0.4, 0.5) is 13.2 Å². The average molecular weight is 442 g/mol. The number of carbonyl (C=O) groups is 1. The van der Waals surface area contributed by atoms with Crippen molar-refractivity contribution in [2.45, 2.75) is 12.8 Å². The second-order valence-corrected chi connectivity index (χ2v) is 7.96. The van der Waals surface area contributed by atoms with E-state index in [-0.39, 0.29) is 12.2 Å². The zero-order valence-electron chi connectivity index (χ0n) is 16.4. The van der Waals surface area contributed by atoms with Gasteiger partial charge < -0.3 is 9.47 Å². The Labute approximate surface area is 180 Å². The molecule has 0 radical (unpaired) electrons. The summed E-state index contributed by atoms with van der Waals surface area (Å²) in [5.74, 6) is 0.108. The lowest BCUT2D eigenvalue weighted by molar-refractivity contribution is -0.133. The molecule has 0 aliphatic rings. The molecule has 0 fully saturated rings. The fraction of sp³-hybridized carbons (Fsp3) is 0.125. The quantitative estimate of drug-likeness (QED) is 0.314. The van der Waals surface area contributed by atoms with E-state index in [0.717, 1.165) is 10.8 Å². The van der Waals surface area contributed by atoms with Gasteiger partial charge in [0.05, 0.1) is 12.7 Å². The number of alkyl halides is 3. The molecule has 0 N–H and O–H groups in total. The molecule has 1 heterocycles. The first-order valence-electron chi connectivity index (χ1n) is 9.35. The predicted molar refractivity (Wildman–Crippen MR) is 114 cm³/mol. The number of hydrogen-bond acceptors (Lipinski definition) is 4. The molecule has 158 valence electrons. The first-order chi connectivity index (χ1) is 14.8. The third-order valence-electron chi connectivity index (χ3n) is 4.74. The van der Waals surface area contributed by atoms with Crippen LogP contribution in [-0.4, -0.2) is 13.1 Å². The Morgan fingerprint density at radius 3 is 2.35 bits per heavy atom. The molecule has 0 saturated carbocycles. The Morgan fingerprint density at radius 1 is 0.935 bits per heavy atom. The summed E-state index contributed by atoms with van der Waals surface area (Å²) in [6.07, 6.45) is -4.44. The number of esters is 1. The lowest BCUT2D eigenvalue weighted by Crippen LogP contribution is -2.03.